The highest BCUT2D eigenvalue weighted by Gasteiger charge is 2.61. The van der Waals surface area contributed by atoms with Crippen molar-refractivity contribution in [1.29, 1.82) is 0 Å². The van der Waals surface area contributed by atoms with Crippen molar-refractivity contribution in [3.05, 3.63) is 60.7 Å². The molecule has 0 spiro atoms. The zero-order chi connectivity index (χ0) is 31.0. The number of carbonyl (C=O) groups is 2. The SMILES string of the molecule is CCOC(=O)[C@@H]1C[C@@H](OC(C)=O)ON1[C@@H]1O[C@H](CO[Si](c2ccccc2)(c2ccccc2)C(C)(C)C)[C@H]2OC(C)(C)O[C@H]21. The van der Waals surface area contributed by atoms with E-state index in [-0.39, 0.29) is 24.7 Å². The molecule has 2 aromatic carbocycles. The van der Waals surface area contributed by atoms with Crippen LogP contribution in [0.4, 0.5) is 0 Å². The summed E-state index contributed by atoms with van der Waals surface area (Å²) in [5, 5.41) is 3.48. The Bertz CT molecular complexity index is 1230. The maximum atomic E-state index is 13.0. The first-order chi connectivity index (χ1) is 20.4. The number of fused-ring (bicyclic) bond motifs is 1. The molecule has 0 radical (unpaired) electrons. The molecule has 3 fully saturated rings. The van der Waals surface area contributed by atoms with E-state index >= 15 is 0 Å². The van der Waals surface area contributed by atoms with E-state index in [0.29, 0.717) is 0 Å². The summed E-state index contributed by atoms with van der Waals surface area (Å²) >= 11 is 0. The topological polar surface area (TPSA) is 102 Å². The summed E-state index contributed by atoms with van der Waals surface area (Å²) in [6.07, 6.45) is -3.35. The van der Waals surface area contributed by atoms with Gasteiger partial charge >= 0.3 is 11.9 Å². The molecule has 0 N–H and O–H groups in total. The van der Waals surface area contributed by atoms with Crippen molar-refractivity contribution in [2.45, 2.75) is 103 Å². The maximum absolute atomic E-state index is 13.0. The molecule has 0 amide bonds. The Labute approximate surface area is 254 Å². The number of rotatable bonds is 9. The summed E-state index contributed by atoms with van der Waals surface area (Å²) in [5.41, 5.74) is 0. The molecule has 0 aliphatic carbocycles. The largest absolute Gasteiger partial charge is 0.465 e. The van der Waals surface area contributed by atoms with Gasteiger partial charge in [-0.3, -0.25) is 14.4 Å². The predicted octanol–water partition coefficient (Wildman–Crippen LogP) is 3.27. The number of hydrogen-bond donors (Lipinski definition) is 0. The third-order valence-corrected chi connectivity index (χ3v) is 13.1. The van der Waals surface area contributed by atoms with E-state index in [1.165, 1.54) is 12.0 Å². The Morgan fingerprint density at radius 3 is 2.09 bits per heavy atom. The van der Waals surface area contributed by atoms with Crippen molar-refractivity contribution in [2.24, 2.45) is 0 Å². The van der Waals surface area contributed by atoms with Gasteiger partial charge in [0.25, 0.3) is 8.32 Å². The molecular formula is C32H43NO9Si. The van der Waals surface area contributed by atoms with Crippen molar-refractivity contribution in [2.75, 3.05) is 13.2 Å². The van der Waals surface area contributed by atoms with Gasteiger partial charge in [0, 0.05) is 13.3 Å². The molecule has 2 aromatic rings. The van der Waals surface area contributed by atoms with Crippen molar-refractivity contribution in [3.8, 4) is 0 Å². The summed E-state index contributed by atoms with van der Waals surface area (Å²) in [6.45, 7) is 13.8. The number of carbonyl (C=O) groups excluding carboxylic acids is 2. The van der Waals surface area contributed by atoms with E-state index < -0.39 is 62.9 Å². The van der Waals surface area contributed by atoms with Gasteiger partial charge in [0.15, 0.2) is 12.0 Å². The van der Waals surface area contributed by atoms with Crippen LogP contribution >= 0.6 is 0 Å². The molecule has 0 unspecified atom stereocenters. The number of hydrogen-bond acceptors (Lipinski definition) is 10. The molecule has 3 aliphatic heterocycles. The van der Waals surface area contributed by atoms with E-state index in [9.17, 15) is 9.59 Å². The van der Waals surface area contributed by atoms with Gasteiger partial charge in [-0.2, -0.15) is 0 Å². The smallest absolute Gasteiger partial charge is 0.326 e. The highest BCUT2D eigenvalue weighted by Crippen LogP contribution is 2.44. The Kier molecular flexibility index (Phi) is 9.16. The van der Waals surface area contributed by atoms with Crippen molar-refractivity contribution in [3.63, 3.8) is 0 Å². The first-order valence-corrected chi connectivity index (χ1v) is 16.8. The van der Waals surface area contributed by atoms with E-state index in [1.807, 2.05) is 50.2 Å². The van der Waals surface area contributed by atoms with Gasteiger partial charge in [-0.25, -0.2) is 0 Å². The monoisotopic (exact) mass is 613 g/mol. The highest BCUT2D eigenvalue weighted by atomic mass is 28.4. The molecule has 0 bridgehead atoms. The molecule has 43 heavy (non-hydrogen) atoms. The summed E-state index contributed by atoms with van der Waals surface area (Å²) in [4.78, 5) is 30.7. The van der Waals surface area contributed by atoms with Crippen LogP contribution < -0.4 is 10.4 Å². The van der Waals surface area contributed by atoms with Crippen molar-refractivity contribution in [1.82, 2.24) is 5.06 Å². The van der Waals surface area contributed by atoms with Gasteiger partial charge in [-0.1, -0.05) is 81.4 Å². The van der Waals surface area contributed by atoms with Crippen LogP contribution in [0.2, 0.25) is 5.04 Å². The van der Waals surface area contributed by atoms with Crippen LogP contribution in [-0.4, -0.2) is 81.2 Å². The van der Waals surface area contributed by atoms with Gasteiger partial charge in [0.2, 0.25) is 6.29 Å². The molecule has 3 aliphatic rings. The number of hydroxylamine groups is 2. The zero-order valence-corrected chi connectivity index (χ0v) is 27.0. The first-order valence-electron chi connectivity index (χ1n) is 14.9. The third kappa shape index (κ3) is 6.30. The third-order valence-electron chi connectivity index (χ3n) is 8.08. The van der Waals surface area contributed by atoms with Crippen LogP contribution in [0.1, 0.15) is 54.9 Å². The lowest BCUT2D eigenvalue weighted by atomic mass is 10.1. The van der Waals surface area contributed by atoms with Gasteiger partial charge in [0.05, 0.1) is 13.2 Å². The normalized spacial score (nSPS) is 28.9. The molecule has 0 saturated carbocycles. The van der Waals surface area contributed by atoms with Crippen molar-refractivity contribution < 1.29 is 42.5 Å². The lowest BCUT2D eigenvalue weighted by Gasteiger charge is -2.43. The number of nitrogens with zero attached hydrogens (tertiary/aromatic N) is 1. The quantitative estimate of drug-likeness (QED) is 0.309. The number of benzene rings is 2. The molecule has 5 rings (SSSR count). The van der Waals surface area contributed by atoms with E-state index in [0.717, 1.165) is 10.4 Å². The lowest BCUT2D eigenvalue weighted by molar-refractivity contribution is -0.309. The van der Waals surface area contributed by atoms with Gasteiger partial charge in [-0.15, -0.1) is 5.06 Å². The van der Waals surface area contributed by atoms with Crippen LogP contribution in [0, 0.1) is 0 Å². The number of esters is 2. The molecule has 6 atom stereocenters. The van der Waals surface area contributed by atoms with Gasteiger partial charge in [-0.05, 0) is 36.2 Å². The van der Waals surface area contributed by atoms with Crippen molar-refractivity contribution >= 4 is 30.6 Å². The van der Waals surface area contributed by atoms with E-state index in [2.05, 4.69) is 45.0 Å². The molecule has 0 aromatic heterocycles. The molecule has 234 valence electrons. The Morgan fingerprint density at radius 1 is 0.977 bits per heavy atom. The average molecular weight is 614 g/mol. The molecule has 3 saturated heterocycles. The second kappa shape index (κ2) is 12.4. The second-order valence-electron chi connectivity index (χ2n) is 12.6. The Hall–Kier alpha value is -2.64. The predicted molar refractivity (Wildman–Crippen MR) is 160 cm³/mol. The summed E-state index contributed by atoms with van der Waals surface area (Å²) in [6, 6.07) is 19.9. The summed E-state index contributed by atoms with van der Waals surface area (Å²) < 4.78 is 37.1. The minimum atomic E-state index is -2.87. The molecule has 3 heterocycles. The van der Waals surface area contributed by atoms with Crippen LogP contribution in [0.25, 0.3) is 0 Å². The minimum Gasteiger partial charge on any atom is -0.465 e. The lowest BCUT2D eigenvalue weighted by Crippen LogP contribution is -2.67. The summed E-state index contributed by atoms with van der Waals surface area (Å²) in [5.74, 6) is -1.91. The van der Waals surface area contributed by atoms with E-state index in [4.69, 9.17) is 32.9 Å². The fourth-order valence-corrected chi connectivity index (χ4v) is 11.0. The number of ether oxygens (including phenoxy) is 5. The van der Waals surface area contributed by atoms with Crippen LogP contribution in [0.3, 0.4) is 0 Å². The van der Waals surface area contributed by atoms with Crippen LogP contribution in [-0.2, 0) is 42.5 Å². The second-order valence-corrected chi connectivity index (χ2v) is 16.9. The standard InChI is InChI=1S/C32H43NO9Si/c1-8-36-30(35)24-19-26(38-21(2)34)42-33(24)29-28-27(40-32(6,7)41-28)25(39-29)20-37-43(31(3,4)5,22-15-11-9-12-16-22)23-17-13-10-14-18-23/h9-18,24-29H,8,19-20H2,1-7H3/t24-,25+,26-,27+,28+,29+/m0/s1. The van der Waals surface area contributed by atoms with Gasteiger partial charge in [0.1, 0.15) is 24.4 Å². The molecular weight excluding hydrogens is 570 g/mol. The maximum Gasteiger partial charge on any atom is 0.326 e. The zero-order valence-electron chi connectivity index (χ0n) is 26.0. The van der Waals surface area contributed by atoms with Crippen LogP contribution in [0.15, 0.2) is 60.7 Å². The fraction of sp³-hybridized carbons (Fsp3) is 0.562. The molecule has 10 nitrogen and oxygen atoms in total. The first kappa shape index (κ1) is 31.8. The molecule has 11 heteroatoms. The summed E-state index contributed by atoms with van der Waals surface area (Å²) in [7, 11) is -2.87. The van der Waals surface area contributed by atoms with Gasteiger partial charge < -0.3 is 28.1 Å². The van der Waals surface area contributed by atoms with Crippen LogP contribution in [0.5, 0.6) is 0 Å². The fourth-order valence-electron chi connectivity index (χ4n) is 6.44. The Morgan fingerprint density at radius 2 is 1.56 bits per heavy atom. The average Bonchev–Trinajstić information content (AvgIpc) is 3.60. The Balaban J connectivity index is 1.47. The highest BCUT2D eigenvalue weighted by molar-refractivity contribution is 6.99. The minimum absolute atomic E-state index is 0.100. The van der Waals surface area contributed by atoms with E-state index in [1.54, 1.807) is 6.92 Å².